The first kappa shape index (κ1) is 16.1. The van der Waals surface area contributed by atoms with Crippen LogP contribution in [0.5, 0.6) is 0 Å². The van der Waals surface area contributed by atoms with Crippen molar-refractivity contribution < 1.29 is 9.53 Å². The van der Waals surface area contributed by atoms with E-state index in [1.54, 1.807) is 11.8 Å². The molecule has 1 atom stereocenters. The van der Waals surface area contributed by atoms with Crippen molar-refractivity contribution in [2.24, 2.45) is 5.92 Å². The molecule has 20 heavy (non-hydrogen) atoms. The SMILES string of the molecule is CSC[C@@H](C)C(=O)NCC1(N2CCOCC2)CCCC1. The van der Waals surface area contributed by atoms with Crippen LogP contribution in [0.4, 0.5) is 0 Å². The van der Waals surface area contributed by atoms with Crippen LogP contribution < -0.4 is 5.32 Å². The average Bonchev–Trinajstić information content (AvgIpc) is 2.96. The molecule has 2 aliphatic rings. The van der Waals surface area contributed by atoms with E-state index in [4.69, 9.17) is 4.74 Å². The van der Waals surface area contributed by atoms with Gasteiger partial charge in [-0.1, -0.05) is 19.8 Å². The molecule has 0 radical (unpaired) electrons. The van der Waals surface area contributed by atoms with E-state index in [9.17, 15) is 4.79 Å². The molecule has 0 unspecified atom stereocenters. The number of carbonyl (C=O) groups is 1. The highest BCUT2D eigenvalue weighted by atomic mass is 32.2. The minimum atomic E-state index is 0.105. The van der Waals surface area contributed by atoms with Crippen LogP contribution in [0.1, 0.15) is 32.6 Å². The van der Waals surface area contributed by atoms with E-state index in [0.29, 0.717) is 0 Å². The second-order valence-electron chi connectivity index (χ2n) is 6.11. The van der Waals surface area contributed by atoms with Gasteiger partial charge >= 0.3 is 0 Å². The van der Waals surface area contributed by atoms with E-state index in [0.717, 1.165) is 38.6 Å². The summed E-state index contributed by atoms with van der Waals surface area (Å²) in [4.78, 5) is 14.7. The van der Waals surface area contributed by atoms with E-state index < -0.39 is 0 Å². The summed E-state index contributed by atoms with van der Waals surface area (Å²) >= 11 is 1.74. The van der Waals surface area contributed by atoms with Crippen molar-refractivity contribution in [3.8, 4) is 0 Å². The van der Waals surface area contributed by atoms with Gasteiger partial charge in [-0.25, -0.2) is 0 Å². The predicted molar refractivity (Wildman–Crippen MR) is 84.1 cm³/mol. The molecule has 0 aromatic rings. The van der Waals surface area contributed by atoms with Crippen LogP contribution in [-0.2, 0) is 9.53 Å². The van der Waals surface area contributed by atoms with Gasteiger partial charge in [-0.05, 0) is 19.1 Å². The average molecular weight is 300 g/mol. The van der Waals surface area contributed by atoms with E-state index >= 15 is 0 Å². The molecule has 1 heterocycles. The fourth-order valence-corrected chi connectivity index (χ4v) is 4.08. The topological polar surface area (TPSA) is 41.6 Å². The number of hydrogen-bond donors (Lipinski definition) is 1. The van der Waals surface area contributed by atoms with E-state index in [-0.39, 0.29) is 17.4 Å². The lowest BCUT2D eigenvalue weighted by Crippen LogP contribution is -2.57. The number of morpholine rings is 1. The molecular formula is C15H28N2O2S. The van der Waals surface area contributed by atoms with Crippen molar-refractivity contribution in [3.63, 3.8) is 0 Å². The normalized spacial score (nSPS) is 24.5. The Balaban J connectivity index is 1.90. The molecule has 116 valence electrons. The quantitative estimate of drug-likeness (QED) is 0.811. The number of hydrogen-bond acceptors (Lipinski definition) is 4. The number of rotatable bonds is 6. The third-order valence-corrected chi connectivity index (χ3v) is 5.51. The van der Waals surface area contributed by atoms with Gasteiger partial charge in [0.1, 0.15) is 0 Å². The second kappa shape index (κ2) is 7.66. The Hall–Kier alpha value is -0.260. The lowest BCUT2D eigenvalue weighted by Gasteiger charge is -2.43. The minimum absolute atomic E-state index is 0.105. The highest BCUT2D eigenvalue weighted by Crippen LogP contribution is 2.35. The molecule has 1 amide bonds. The molecule has 0 bridgehead atoms. The molecule has 1 saturated carbocycles. The molecule has 1 aliphatic heterocycles. The summed E-state index contributed by atoms with van der Waals surface area (Å²) < 4.78 is 5.47. The summed E-state index contributed by atoms with van der Waals surface area (Å²) in [6.45, 7) is 6.51. The van der Waals surface area contributed by atoms with E-state index in [1.807, 2.05) is 6.92 Å². The van der Waals surface area contributed by atoms with Crippen molar-refractivity contribution in [1.82, 2.24) is 10.2 Å². The van der Waals surface area contributed by atoms with Gasteiger partial charge in [0.25, 0.3) is 0 Å². The zero-order valence-corrected chi connectivity index (χ0v) is 13.6. The van der Waals surface area contributed by atoms with Crippen molar-refractivity contribution in [3.05, 3.63) is 0 Å². The zero-order valence-electron chi connectivity index (χ0n) is 12.8. The first-order valence-electron chi connectivity index (χ1n) is 7.77. The Bertz CT molecular complexity index is 313. The first-order valence-corrected chi connectivity index (χ1v) is 9.17. The van der Waals surface area contributed by atoms with Crippen molar-refractivity contribution >= 4 is 17.7 Å². The number of thioether (sulfide) groups is 1. The monoisotopic (exact) mass is 300 g/mol. The largest absolute Gasteiger partial charge is 0.379 e. The van der Waals surface area contributed by atoms with Crippen molar-refractivity contribution in [2.75, 3.05) is 44.9 Å². The summed E-state index contributed by atoms with van der Waals surface area (Å²) in [6, 6.07) is 0. The lowest BCUT2D eigenvalue weighted by atomic mass is 9.94. The standard InChI is InChI=1S/C15H28N2O2S/c1-13(11-20-2)14(18)16-12-15(5-3-4-6-15)17-7-9-19-10-8-17/h13H,3-12H2,1-2H3,(H,16,18)/t13-/m1/s1. The molecule has 5 heteroatoms. The van der Waals surface area contributed by atoms with Crippen LogP contribution in [-0.4, -0.2) is 61.2 Å². The smallest absolute Gasteiger partial charge is 0.223 e. The second-order valence-corrected chi connectivity index (χ2v) is 7.02. The van der Waals surface area contributed by atoms with Crippen LogP contribution in [0.2, 0.25) is 0 Å². The Morgan fingerprint density at radius 3 is 2.60 bits per heavy atom. The maximum Gasteiger partial charge on any atom is 0.223 e. The fraction of sp³-hybridized carbons (Fsp3) is 0.933. The molecule has 0 spiro atoms. The minimum Gasteiger partial charge on any atom is -0.379 e. The molecule has 0 aromatic heterocycles. The van der Waals surface area contributed by atoms with Crippen LogP contribution in [0, 0.1) is 5.92 Å². The summed E-state index contributed by atoms with van der Waals surface area (Å²) in [7, 11) is 0. The molecule has 1 saturated heterocycles. The van der Waals surface area contributed by atoms with Crippen LogP contribution in [0.3, 0.4) is 0 Å². The van der Waals surface area contributed by atoms with Gasteiger partial charge in [-0.15, -0.1) is 0 Å². The Labute approximate surface area is 127 Å². The number of carbonyl (C=O) groups excluding carboxylic acids is 1. The van der Waals surface area contributed by atoms with E-state index in [1.165, 1.54) is 25.7 Å². The van der Waals surface area contributed by atoms with Gasteiger partial charge in [0.2, 0.25) is 5.91 Å². The summed E-state index contributed by atoms with van der Waals surface area (Å²) in [5.41, 5.74) is 0.193. The van der Waals surface area contributed by atoms with Gasteiger partial charge in [-0.2, -0.15) is 11.8 Å². The maximum absolute atomic E-state index is 12.1. The third kappa shape index (κ3) is 3.89. The first-order chi connectivity index (χ1) is 9.68. The zero-order chi connectivity index (χ0) is 14.4. The van der Waals surface area contributed by atoms with Gasteiger partial charge in [0.05, 0.1) is 13.2 Å². The van der Waals surface area contributed by atoms with Crippen molar-refractivity contribution in [2.45, 2.75) is 38.1 Å². The summed E-state index contributed by atoms with van der Waals surface area (Å²) in [5, 5.41) is 3.21. The Morgan fingerprint density at radius 1 is 1.35 bits per heavy atom. The number of nitrogens with zero attached hydrogens (tertiary/aromatic N) is 1. The number of amides is 1. The summed E-state index contributed by atoms with van der Waals surface area (Å²) in [6.07, 6.45) is 7.05. The highest BCUT2D eigenvalue weighted by molar-refractivity contribution is 7.98. The molecular weight excluding hydrogens is 272 g/mol. The van der Waals surface area contributed by atoms with Crippen molar-refractivity contribution in [1.29, 1.82) is 0 Å². The van der Waals surface area contributed by atoms with Gasteiger partial charge in [-0.3, -0.25) is 9.69 Å². The van der Waals surface area contributed by atoms with E-state index in [2.05, 4.69) is 16.5 Å². The molecule has 2 rings (SSSR count). The van der Waals surface area contributed by atoms with Crippen LogP contribution >= 0.6 is 11.8 Å². The van der Waals surface area contributed by atoms with Crippen LogP contribution in [0.15, 0.2) is 0 Å². The van der Waals surface area contributed by atoms with Gasteiger partial charge in [0.15, 0.2) is 0 Å². The Kier molecular flexibility index (Phi) is 6.18. The fourth-order valence-electron chi connectivity index (χ4n) is 3.43. The number of nitrogens with one attached hydrogen (secondary N) is 1. The number of ether oxygens (including phenoxy) is 1. The molecule has 0 aromatic carbocycles. The van der Waals surface area contributed by atoms with Crippen LogP contribution in [0.25, 0.3) is 0 Å². The molecule has 1 aliphatic carbocycles. The lowest BCUT2D eigenvalue weighted by molar-refractivity contribution is -0.124. The maximum atomic E-state index is 12.1. The van der Waals surface area contributed by atoms with Gasteiger partial charge < -0.3 is 10.1 Å². The third-order valence-electron chi connectivity index (χ3n) is 4.67. The predicted octanol–water partition coefficient (Wildman–Crippen LogP) is 1.75. The Morgan fingerprint density at radius 2 is 2.00 bits per heavy atom. The summed E-state index contributed by atoms with van der Waals surface area (Å²) in [5.74, 6) is 1.21. The molecule has 1 N–H and O–H groups in total. The van der Waals surface area contributed by atoms with Gasteiger partial charge in [0, 0.05) is 36.8 Å². The highest BCUT2D eigenvalue weighted by Gasteiger charge is 2.40. The molecule has 4 nitrogen and oxygen atoms in total. The molecule has 2 fully saturated rings.